The van der Waals surface area contributed by atoms with Gasteiger partial charge < -0.3 is 5.32 Å². The Hall–Kier alpha value is -2.01. The first-order chi connectivity index (χ1) is 11.9. The molecule has 25 heavy (non-hydrogen) atoms. The molecule has 2 N–H and O–H groups in total. The highest BCUT2D eigenvalue weighted by molar-refractivity contribution is 7.92. The number of imide groups is 1. The second-order valence-electron chi connectivity index (χ2n) is 5.87. The molecule has 136 valence electrons. The van der Waals surface area contributed by atoms with Crippen LogP contribution in [0, 0.1) is 0 Å². The Bertz CT molecular complexity index is 801. The van der Waals surface area contributed by atoms with Gasteiger partial charge in [-0.25, -0.2) is 13.4 Å². The molecular formula is C14H18N4O5S2. The number of sulfonamides is 1. The van der Waals surface area contributed by atoms with Crippen molar-refractivity contribution in [2.75, 3.05) is 23.6 Å². The molecular weight excluding hydrogens is 368 g/mol. The third kappa shape index (κ3) is 4.15. The molecule has 0 radical (unpaired) electrons. The molecule has 1 aromatic heterocycles. The van der Waals surface area contributed by atoms with Crippen LogP contribution in [0.2, 0.25) is 0 Å². The van der Waals surface area contributed by atoms with Crippen LogP contribution in [0.15, 0.2) is 0 Å². The lowest BCUT2D eigenvalue weighted by Crippen LogP contribution is -2.43. The lowest BCUT2D eigenvalue weighted by Gasteiger charge is -2.24. The number of carbonyl (C=O) groups excluding carboxylic acids is 3. The summed E-state index contributed by atoms with van der Waals surface area (Å²) in [6.45, 7) is 0.388. The number of anilines is 1. The van der Waals surface area contributed by atoms with Crippen LogP contribution in [0.1, 0.15) is 41.0 Å². The summed E-state index contributed by atoms with van der Waals surface area (Å²) < 4.78 is 26.8. The van der Waals surface area contributed by atoms with E-state index in [1.54, 1.807) is 0 Å². The summed E-state index contributed by atoms with van der Waals surface area (Å²) in [6, 6.07) is 0. The van der Waals surface area contributed by atoms with Gasteiger partial charge >= 0.3 is 0 Å². The number of rotatable bonds is 5. The lowest BCUT2D eigenvalue weighted by molar-refractivity contribution is -0.147. The maximum absolute atomic E-state index is 12.2. The summed E-state index contributed by atoms with van der Waals surface area (Å²) in [5.74, 6) is -1.34. The lowest BCUT2D eigenvalue weighted by atomic mass is 10.1. The van der Waals surface area contributed by atoms with Gasteiger partial charge in [-0.1, -0.05) is 11.3 Å². The number of likely N-dealkylation sites (tertiary alicyclic amines) is 1. The zero-order valence-electron chi connectivity index (χ0n) is 13.4. The van der Waals surface area contributed by atoms with Crippen LogP contribution in [-0.4, -0.2) is 54.9 Å². The molecule has 3 amide bonds. The van der Waals surface area contributed by atoms with Crippen molar-refractivity contribution in [2.45, 2.75) is 32.1 Å². The fourth-order valence-electron chi connectivity index (χ4n) is 2.73. The van der Waals surface area contributed by atoms with Gasteiger partial charge in [0.15, 0.2) is 5.13 Å². The van der Waals surface area contributed by atoms with Crippen LogP contribution in [0.5, 0.6) is 0 Å². The molecule has 0 atom stereocenters. The molecule has 0 bridgehead atoms. The topological polar surface area (TPSA) is 126 Å². The van der Waals surface area contributed by atoms with E-state index in [0.29, 0.717) is 30.0 Å². The zero-order chi connectivity index (χ0) is 18.0. The monoisotopic (exact) mass is 386 g/mol. The molecule has 1 fully saturated rings. The van der Waals surface area contributed by atoms with Crippen molar-refractivity contribution in [3.8, 4) is 0 Å². The standard InChI is InChI=1S/C14H18N4O5S2/c19-10-4-1-5-11(20)18(10)7-8-25(22,23)17-14-16-9-3-2-6-15-13(21)12(9)24-14/h1-8H2,(H,15,21)(H,16,17). The van der Waals surface area contributed by atoms with Gasteiger partial charge in [0.05, 0.1) is 11.4 Å². The van der Waals surface area contributed by atoms with E-state index in [2.05, 4.69) is 15.0 Å². The quantitative estimate of drug-likeness (QED) is 0.692. The molecule has 3 rings (SSSR count). The number of fused-ring (bicyclic) bond motifs is 1. The fourth-order valence-corrected chi connectivity index (χ4v) is 4.89. The minimum Gasteiger partial charge on any atom is -0.351 e. The van der Waals surface area contributed by atoms with E-state index in [4.69, 9.17) is 0 Å². The van der Waals surface area contributed by atoms with Gasteiger partial charge in [0.1, 0.15) is 4.88 Å². The maximum atomic E-state index is 12.2. The predicted molar refractivity (Wildman–Crippen MR) is 90.7 cm³/mol. The Kier molecular flexibility index (Phi) is 5.04. The molecule has 1 saturated heterocycles. The minimum atomic E-state index is -3.79. The third-order valence-corrected chi connectivity index (χ3v) is 6.35. The van der Waals surface area contributed by atoms with Crippen LogP contribution in [0.4, 0.5) is 5.13 Å². The number of piperidine rings is 1. The number of amides is 3. The molecule has 2 aliphatic heterocycles. The van der Waals surface area contributed by atoms with Crippen LogP contribution in [-0.2, 0) is 26.0 Å². The number of nitrogens with zero attached hydrogens (tertiary/aromatic N) is 2. The van der Waals surface area contributed by atoms with Crippen LogP contribution in [0.25, 0.3) is 0 Å². The number of carbonyl (C=O) groups is 3. The van der Waals surface area contributed by atoms with Gasteiger partial charge in [-0.15, -0.1) is 0 Å². The van der Waals surface area contributed by atoms with Crippen LogP contribution >= 0.6 is 11.3 Å². The minimum absolute atomic E-state index is 0.123. The van der Waals surface area contributed by atoms with Crippen molar-refractivity contribution in [3.63, 3.8) is 0 Å². The number of nitrogens with one attached hydrogen (secondary N) is 2. The van der Waals surface area contributed by atoms with Crippen molar-refractivity contribution in [2.24, 2.45) is 0 Å². The molecule has 9 nitrogen and oxygen atoms in total. The summed E-state index contributed by atoms with van der Waals surface area (Å²) in [6.07, 6.45) is 2.36. The van der Waals surface area contributed by atoms with Crippen molar-refractivity contribution < 1.29 is 22.8 Å². The molecule has 0 aliphatic carbocycles. The summed E-state index contributed by atoms with van der Waals surface area (Å²) >= 11 is 0.985. The highest BCUT2D eigenvalue weighted by Gasteiger charge is 2.28. The molecule has 2 aliphatic rings. The van der Waals surface area contributed by atoms with E-state index in [0.717, 1.165) is 22.7 Å². The Labute approximate surface area is 148 Å². The van der Waals surface area contributed by atoms with E-state index < -0.39 is 15.8 Å². The van der Waals surface area contributed by atoms with E-state index in [9.17, 15) is 22.8 Å². The predicted octanol–water partition coefficient (Wildman–Crippen LogP) is 0.0999. The zero-order valence-corrected chi connectivity index (χ0v) is 15.0. The molecule has 1 aromatic rings. The Balaban J connectivity index is 1.66. The first-order valence-corrected chi connectivity index (χ1v) is 10.4. The van der Waals surface area contributed by atoms with Crippen molar-refractivity contribution in [3.05, 3.63) is 10.6 Å². The highest BCUT2D eigenvalue weighted by Crippen LogP contribution is 2.26. The van der Waals surface area contributed by atoms with Gasteiger partial charge in [-0.3, -0.25) is 24.0 Å². The van der Waals surface area contributed by atoms with E-state index in [1.165, 1.54) is 0 Å². The summed E-state index contributed by atoms with van der Waals surface area (Å²) in [5, 5.41) is 2.85. The molecule has 0 unspecified atom stereocenters. The van der Waals surface area contributed by atoms with Gasteiger partial charge in [0, 0.05) is 25.9 Å². The molecule has 0 spiro atoms. The third-order valence-electron chi connectivity index (χ3n) is 3.99. The smallest absolute Gasteiger partial charge is 0.263 e. The van der Waals surface area contributed by atoms with E-state index >= 15 is 0 Å². The average molecular weight is 386 g/mol. The first kappa shape index (κ1) is 17.8. The summed E-state index contributed by atoms with van der Waals surface area (Å²) in [4.78, 5) is 40.9. The number of hydrogen-bond donors (Lipinski definition) is 2. The number of aryl methyl sites for hydroxylation is 1. The normalized spacial score (nSPS) is 18.6. The average Bonchev–Trinajstić information content (AvgIpc) is 2.85. The number of hydrogen-bond acceptors (Lipinski definition) is 7. The number of aromatic nitrogens is 1. The first-order valence-electron chi connectivity index (χ1n) is 7.97. The summed E-state index contributed by atoms with van der Waals surface area (Å²) in [5.41, 5.74) is 0.582. The van der Waals surface area contributed by atoms with Gasteiger partial charge in [-0.05, 0) is 19.3 Å². The second kappa shape index (κ2) is 7.08. The van der Waals surface area contributed by atoms with Gasteiger partial charge in [0.25, 0.3) is 5.91 Å². The highest BCUT2D eigenvalue weighted by atomic mass is 32.2. The Morgan fingerprint density at radius 1 is 1.12 bits per heavy atom. The largest absolute Gasteiger partial charge is 0.351 e. The maximum Gasteiger partial charge on any atom is 0.263 e. The van der Waals surface area contributed by atoms with Crippen LogP contribution < -0.4 is 10.0 Å². The van der Waals surface area contributed by atoms with Gasteiger partial charge in [-0.2, -0.15) is 0 Å². The fraction of sp³-hybridized carbons (Fsp3) is 0.571. The van der Waals surface area contributed by atoms with Crippen molar-refractivity contribution in [1.82, 2.24) is 15.2 Å². The molecule has 0 aromatic carbocycles. The number of thiazole rings is 1. The Morgan fingerprint density at radius 3 is 2.56 bits per heavy atom. The second-order valence-corrected chi connectivity index (χ2v) is 8.71. The summed E-state index contributed by atoms with van der Waals surface area (Å²) in [7, 11) is -3.79. The Morgan fingerprint density at radius 2 is 1.84 bits per heavy atom. The van der Waals surface area contributed by atoms with E-state index in [-0.39, 0.29) is 42.2 Å². The molecule has 3 heterocycles. The SMILES string of the molecule is O=C1NCCCc2nc(NS(=O)(=O)CCN3C(=O)CCCC3=O)sc21. The van der Waals surface area contributed by atoms with Crippen LogP contribution in [0.3, 0.4) is 0 Å². The van der Waals surface area contributed by atoms with Crippen molar-refractivity contribution in [1.29, 1.82) is 0 Å². The van der Waals surface area contributed by atoms with Gasteiger partial charge in [0.2, 0.25) is 21.8 Å². The molecule has 0 saturated carbocycles. The molecule has 11 heteroatoms. The van der Waals surface area contributed by atoms with E-state index in [1.807, 2.05) is 0 Å². The van der Waals surface area contributed by atoms with Crippen molar-refractivity contribution >= 4 is 44.2 Å².